The fourth-order valence-electron chi connectivity index (χ4n) is 8.14. The van der Waals surface area contributed by atoms with Gasteiger partial charge in [0.05, 0.1) is 18.2 Å². The average molecular weight is 720 g/mol. The van der Waals surface area contributed by atoms with Crippen molar-refractivity contribution in [2.45, 2.75) is 76.2 Å². The van der Waals surface area contributed by atoms with Crippen molar-refractivity contribution in [1.29, 1.82) is 0 Å². The predicted octanol–water partition coefficient (Wildman–Crippen LogP) is 6.33. The predicted molar refractivity (Wildman–Crippen MR) is 196 cm³/mol. The van der Waals surface area contributed by atoms with E-state index in [1.807, 2.05) is 43.3 Å². The summed E-state index contributed by atoms with van der Waals surface area (Å²) in [6.45, 7) is 6.59. The van der Waals surface area contributed by atoms with Gasteiger partial charge in [0.25, 0.3) is 0 Å². The molecule has 0 bridgehead atoms. The lowest BCUT2D eigenvalue weighted by atomic mass is 9.55. The quantitative estimate of drug-likeness (QED) is 0.0970. The van der Waals surface area contributed by atoms with Gasteiger partial charge in [-0.3, -0.25) is 0 Å². The number of amides is 2. The molecular weight excluding hydrogens is 666 g/mol. The molecule has 282 valence electrons. The number of allylic oxidation sites excluding steroid dienone is 1. The van der Waals surface area contributed by atoms with Crippen molar-refractivity contribution in [2.75, 3.05) is 40.5 Å². The smallest absolute Gasteiger partial charge is 0.412 e. The van der Waals surface area contributed by atoms with Gasteiger partial charge in [-0.25, -0.2) is 9.59 Å². The number of ether oxygens (including phenoxy) is 4. The van der Waals surface area contributed by atoms with E-state index in [1.54, 1.807) is 25.3 Å². The third-order valence-electron chi connectivity index (χ3n) is 10.3. The molecule has 2 aliphatic carbocycles. The van der Waals surface area contributed by atoms with Crippen molar-refractivity contribution in [3.63, 3.8) is 0 Å². The summed E-state index contributed by atoms with van der Waals surface area (Å²) in [6.07, 6.45) is 7.59. The number of benzene rings is 2. The highest BCUT2D eigenvalue weighted by Gasteiger charge is 2.65. The zero-order valence-corrected chi connectivity index (χ0v) is 30.5. The molecule has 0 saturated heterocycles. The molecule has 0 aromatic heterocycles. The van der Waals surface area contributed by atoms with Crippen LogP contribution in [0.15, 0.2) is 78.0 Å². The lowest BCUT2D eigenvalue weighted by Gasteiger charge is -2.59. The minimum atomic E-state index is -1.40. The van der Waals surface area contributed by atoms with Crippen molar-refractivity contribution in [3.05, 3.63) is 84.0 Å². The molecule has 2 aromatic carbocycles. The van der Waals surface area contributed by atoms with Crippen molar-refractivity contribution in [3.8, 4) is 11.5 Å². The normalized spacial score (nSPS) is 25.1. The van der Waals surface area contributed by atoms with Crippen LogP contribution in [0.4, 0.5) is 9.59 Å². The summed E-state index contributed by atoms with van der Waals surface area (Å²) in [5, 5.41) is 26.7. The van der Waals surface area contributed by atoms with Crippen LogP contribution in [0.3, 0.4) is 0 Å². The standard InChI is InChI=1S/C40H53N3O9/c1-5-22-50-40-35(43(3)39(47)49-26-27-14-8-7-9-15-27)25-33(42-48-4)31-23-28(16-10-12-20-44)30(17-11-13-21-45)36(37(31)40)32-24-29(18-19-34(32)52-40)51-38(46)41-6-2/h5,7-9,14-15,18-19,23-24,28,30,35-37,44-45H,1,6,10-13,16-17,20-22,25-26H2,2-4H3,(H,41,46). The molecule has 5 rings (SSSR count). The van der Waals surface area contributed by atoms with Gasteiger partial charge in [0, 0.05) is 44.7 Å². The van der Waals surface area contributed by atoms with E-state index in [-0.39, 0.29) is 50.6 Å². The number of nitrogens with zero attached hydrogens (tertiary/aromatic N) is 2. The van der Waals surface area contributed by atoms with Crippen LogP contribution in [0.1, 0.15) is 68.9 Å². The SMILES string of the molecule is C=CCOC12Oc3ccc(OC(=O)NCC)cc3C3C(CCCCO)C(CCCCO)C=C(C(=NOC)CC1N(C)C(=O)OCc1ccccc1)C32. The first-order valence-electron chi connectivity index (χ1n) is 18.3. The maximum Gasteiger partial charge on any atom is 0.412 e. The molecule has 3 N–H and O–H groups in total. The maximum atomic E-state index is 13.9. The largest absolute Gasteiger partial charge is 0.459 e. The number of unbranched alkanes of at least 4 members (excludes halogenated alkanes) is 2. The summed E-state index contributed by atoms with van der Waals surface area (Å²) in [6, 6.07) is 14.1. The van der Waals surface area contributed by atoms with Crippen LogP contribution >= 0.6 is 0 Å². The number of likely N-dealkylation sites (N-methyl/N-ethyl adjacent to an activating group) is 1. The number of aliphatic hydroxyl groups is 2. The lowest BCUT2D eigenvalue weighted by molar-refractivity contribution is -0.253. The molecule has 1 fully saturated rings. The van der Waals surface area contributed by atoms with Crippen LogP contribution in [-0.2, 0) is 20.9 Å². The number of hydrogen-bond donors (Lipinski definition) is 3. The number of nitrogens with one attached hydrogen (secondary N) is 1. The Morgan fingerprint density at radius 1 is 1.10 bits per heavy atom. The van der Waals surface area contributed by atoms with Gasteiger partial charge >= 0.3 is 12.2 Å². The van der Waals surface area contributed by atoms with Crippen molar-refractivity contribution >= 4 is 17.9 Å². The Kier molecular flexibility index (Phi) is 13.7. The van der Waals surface area contributed by atoms with E-state index < -0.39 is 29.9 Å². The molecule has 1 heterocycles. The van der Waals surface area contributed by atoms with Crippen LogP contribution in [0.2, 0.25) is 0 Å². The summed E-state index contributed by atoms with van der Waals surface area (Å²) >= 11 is 0. The van der Waals surface area contributed by atoms with Gasteiger partial charge in [-0.15, -0.1) is 6.58 Å². The van der Waals surface area contributed by atoms with E-state index in [2.05, 4.69) is 23.1 Å². The van der Waals surface area contributed by atoms with Gasteiger partial charge < -0.3 is 44.2 Å². The molecule has 0 spiro atoms. The number of rotatable bonds is 17. The molecule has 1 saturated carbocycles. The highest BCUT2D eigenvalue weighted by atomic mass is 16.7. The zero-order chi connectivity index (χ0) is 37.1. The topological polar surface area (TPSA) is 148 Å². The second kappa shape index (κ2) is 18.4. The third-order valence-corrected chi connectivity index (χ3v) is 10.3. The Labute approximate surface area is 306 Å². The summed E-state index contributed by atoms with van der Waals surface area (Å²) in [4.78, 5) is 33.4. The fourth-order valence-corrected chi connectivity index (χ4v) is 8.14. The average Bonchev–Trinajstić information content (AvgIpc) is 3.15. The monoisotopic (exact) mass is 719 g/mol. The van der Waals surface area contributed by atoms with E-state index in [0.717, 1.165) is 42.4 Å². The molecule has 12 nitrogen and oxygen atoms in total. The molecule has 6 atom stereocenters. The van der Waals surface area contributed by atoms with E-state index in [1.165, 1.54) is 12.0 Å². The van der Waals surface area contributed by atoms with E-state index in [4.69, 9.17) is 23.8 Å². The number of hydrogen-bond acceptors (Lipinski definition) is 10. The lowest BCUT2D eigenvalue weighted by Crippen LogP contribution is -2.69. The molecule has 2 aromatic rings. The molecule has 2 amide bonds. The highest BCUT2D eigenvalue weighted by molar-refractivity contribution is 6.02. The van der Waals surface area contributed by atoms with Crippen molar-refractivity contribution in [2.24, 2.45) is 22.9 Å². The van der Waals surface area contributed by atoms with Crippen LogP contribution < -0.4 is 14.8 Å². The van der Waals surface area contributed by atoms with Gasteiger partial charge in [0.1, 0.15) is 31.3 Å². The van der Waals surface area contributed by atoms with E-state index in [0.29, 0.717) is 36.6 Å². The van der Waals surface area contributed by atoms with Gasteiger partial charge in [0.2, 0.25) is 5.79 Å². The summed E-state index contributed by atoms with van der Waals surface area (Å²) in [7, 11) is 3.19. The van der Waals surface area contributed by atoms with Crippen molar-refractivity contribution in [1.82, 2.24) is 10.2 Å². The molecule has 6 unspecified atom stereocenters. The molecular formula is C40H53N3O9. The second-order valence-electron chi connectivity index (χ2n) is 13.5. The summed E-state index contributed by atoms with van der Waals surface area (Å²) < 4.78 is 25.4. The number of aliphatic hydroxyl groups excluding tert-OH is 2. The minimum Gasteiger partial charge on any atom is -0.459 e. The van der Waals surface area contributed by atoms with Gasteiger partial charge in [-0.1, -0.05) is 60.5 Å². The molecule has 3 aliphatic rings. The van der Waals surface area contributed by atoms with Gasteiger partial charge in [-0.2, -0.15) is 0 Å². The van der Waals surface area contributed by atoms with Crippen molar-refractivity contribution < 1.29 is 43.6 Å². The summed E-state index contributed by atoms with van der Waals surface area (Å²) in [5.74, 6) is -1.10. The van der Waals surface area contributed by atoms with E-state index >= 15 is 0 Å². The molecule has 1 aliphatic heterocycles. The fraction of sp³-hybridized carbons (Fsp3) is 0.525. The van der Waals surface area contributed by atoms with Crippen LogP contribution in [-0.4, -0.2) is 85.4 Å². The highest BCUT2D eigenvalue weighted by Crippen LogP contribution is 2.61. The second-order valence-corrected chi connectivity index (χ2v) is 13.5. The number of fused-ring (bicyclic) bond motifs is 2. The Morgan fingerprint density at radius 2 is 1.85 bits per heavy atom. The first kappa shape index (κ1) is 38.8. The van der Waals surface area contributed by atoms with Crippen LogP contribution in [0.5, 0.6) is 11.5 Å². The number of carbonyl (C=O) groups is 2. The summed E-state index contributed by atoms with van der Waals surface area (Å²) in [5.41, 5.74) is 3.29. The van der Waals surface area contributed by atoms with Gasteiger partial charge in [-0.05, 0) is 73.8 Å². The Morgan fingerprint density at radius 3 is 2.54 bits per heavy atom. The van der Waals surface area contributed by atoms with Crippen LogP contribution in [0, 0.1) is 17.8 Å². The van der Waals surface area contributed by atoms with E-state index in [9.17, 15) is 19.8 Å². The zero-order valence-electron chi connectivity index (χ0n) is 30.5. The third kappa shape index (κ3) is 8.46. The van der Waals surface area contributed by atoms with Crippen LogP contribution in [0.25, 0.3) is 0 Å². The number of carbonyl (C=O) groups excluding carboxylic acids is 2. The van der Waals surface area contributed by atoms with Gasteiger partial charge in [0.15, 0.2) is 0 Å². The molecule has 12 heteroatoms. The molecule has 0 radical (unpaired) electrons. The Balaban J connectivity index is 1.68. The minimum absolute atomic E-state index is 0.0333. The molecule has 52 heavy (non-hydrogen) atoms. The first-order chi connectivity index (χ1) is 25.3. The maximum absolute atomic E-state index is 13.9. The Bertz CT molecular complexity index is 1580. The number of oxime groups is 1. The first-order valence-corrected chi connectivity index (χ1v) is 18.3. The Hall–Kier alpha value is -4.39.